The van der Waals surface area contributed by atoms with Crippen molar-refractivity contribution in [2.24, 2.45) is 0 Å². The second-order valence-corrected chi connectivity index (χ2v) is 6.01. The highest BCUT2D eigenvalue weighted by Gasteiger charge is 2.34. The van der Waals surface area contributed by atoms with Crippen molar-refractivity contribution in [3.8, 4) is 0 Å². The Morgan fingerprint density at radius 2 is 1.96 bits per heavy atom. The van der Waals surface area contributed by atoms with Crippen molar-refractivity contribution in [1.82, 2.24) is 19.7 Å². The fraction of sp³-hybridized carbons (Fsp3) is 0.167. The van der Waals surface area contributed by atoms with Crippen LogP contribution in [0.5, 0.6) is 0 Å². The first-order valence-corrected chi connectivity index (χ1v) is 8.02. The number of hydrogen-bond acceptors (Lipinski definition) is 4. The lowest BCUT2D eigenvalue weighted by Gasteiger charge is -2.27. The molecule has 0 saturated carbocycles. The zero-order chi connectivity index (χ0) is 17.4. The van der Waals surface area contributed by atoms with E-state index in [1.165, 1.54) is 6.33 Å². The van der Waals surface area contributed by atoms with Crippen LogP contribution in [0.15, 0.2) is 60.1 Å². The number of nitrogens with zero attached hydrogens (tertiary/aromatic N) is 3. The quantitative estimate of drug-likeness (QED) is 0.687. The highest BCUT2D eigenvalue weighted by Crippen LogP contribution is 2.34. The average molecular weight is 334 g/mol. The summed E-state index contributed by atoms with van der Waals surface area (Å²) in [6.45, 7) is 3.86. The van der Waals surface area contributed by atoms with Gasteiger partial charge in [-0.15, -0.1) is 0 Å². The minimum atomic E-state index is -0.365. The molecule has 4 rings (SSSR count). The lowest BCUT2D eigenvalue weighted by atomic mass is 9.99. The van der Waals surface area contributed by atoms with Crippen LogP contribution >= 0.6 is 0 Å². The van der Waals surface area contributed by atoms with E-state index in [-0.39, 0.29) is 11.9 Å². The Kier molecular flexibility index (Phi) is 3.61. The van der Waals surface area contributed by atoms with Gasteiger partial charge < -0.3 is 15.6 Å². The van der Waals surface area contributed by atoms with Crippen LogP contribution in [0.1, 0.15) is 24.4 Å². The molecule has 1 aliphatic heterocycles. The minimum Gasteiger partial charge on any atom is -0.360 e. The first-order chi connectivity index (χ1) is 12.1. The maximum Gasteiger partial charge on any atom is 0.255 e. The molecule has 0 aliphatic carbocycles. The average Bonchev–Trinajstić information content (AvgIpc) is 3.23. The summed E-state index contributed by atoms with van der Waals surface area (Å²) in [7, 11) is 0. The number of carbonyl (C=O) groups excluding carboxylic acids is 1. The summed E-state index contributed by atoms with van der Waals surface area (Å²) in [6.07, 6.45) is 1.48. The maximum absolute atomic E-state index is 13.0. The molecule has 1 atom stereocenters. The standard InChI is InChI=1S/C18H18N6O/c1-11-8-9-14(21-11)16-15(12(2)22-18-19-10-20-24(16)18)17(25)23-13-6-4-3-5-7-13/h3-10,16,21H,1-2H3,(H,23,25)(H,19,20,22). The van der Waals surface area contributed by atoms with E-state index < -0.39 is 0 Å². The van der Waals surface area contributed by atoms with Crippen molar-refractivity contribution in [2.45, 2.75) is 19.9 Å². The van der Waals surface area contributed by atoms with Crippen molar-refractivity contribution in [1.29, 1.82) is 0 Å². The summed E-state index contributed by atoms with van der Waals surface area (Å²) < 4.78 is 1.72. The van der Waals surface area contributed by atoms with Gasteiger partial charge in [0.25, 0.3) is 5.91 Å². The van der Waals surface area contributed by atoms with Gasteiger partial charge in [-0.05, 0) is 38.1 Å². The molecule has 25 heavy (non-hydrogen) atoms. The van der Waals surface area contributed by atoms with Crippen molar-refractivity contribution >= 4 is 17.5 Å². The van der Waals surface area contributed by atoms with E-state index in [1.54, 1.807) is 4.68 Å². The van der Waals surface area contributed by atoms with Crippen LogP contribution in [0.2, 0.25) is 0 Å². The van der Waals surface area contributed by atoms with E-state index in [0.717, 1.165) is 22.8 Å². The first kappa shape index (κ1) is 15.2. The number of benzene rings is 1. The largest absolute Gasteiger partial charge is 0.360 e. The van der Waals surface area contributed by atoms with E-state index >= 15 is 0 Å². The molecule has 0 saturated heterocycles. The van der Waals surface area contributed by atoms with Gasteiger partial charge in [0.2, 0.25) is 5.95 Å². The predicted molar refractivity (Wildman–Crippen MR) is 95.1 cm³/mol. The van der Waals surface area contributed by atoms with E-state index in [1.807, 2.05) is 56.3 Å². The number of anilines is 2. The summed E-state index contributed by atoms with van der Waals surface area (Å²) in [5.74, 6) is 0.445. The Bertz CT molecular complexity index is 953. The summed E-state index contributed by atoms with van der Waals surface area (Å²) in [5.41, 5.74) is 4.02. The molecule has 7 nitrogen and oxygen atoms in total. The summed E-state index contributed by atoms with van der Waals surface area (Å²) in [6, 6.07) is 13.0. The van der Waals surface area contributed by atoms with Gasteiger partial charge in [0.05, 0.1) is 5.57 Å². The van der Waals surface area contributed by atoms with Crippen LogP contribution in [-0.4, -0.2) is 25.7 Å². The van der Waals surface area contributed by atoms with Gasteiger partial charge in [-0.25, -0.2) is 4.68 Å². The molecule has 1 aromatic carbocycles. The zero-order valence-corrected chi connectivity index (χ0v) is 13.9. The molecule has 0 radical (unpaired) electrons. The topological polar surface area (TPSA) is 87.6 Å². The molecule has 3 N–H and O–H groups in total. The van der Waals surface area contributed by atoms with Crippen LogP contribution in [0, 0.1) is 6.92 Å². The summed E-state index contributed by atoms with van der Waals surface area (Å²) >= 11 is 0. The highest BCUT2D eigenvalue weighted by atomic mass is 16.1. The minimum absolute atomic E-state index is 0.172. The number of para-hydroxylation sites is 1. The molecule has 3 aromatic rings. The number of rotatable bonds is 3. The Balaban J connectivity index is 1.76. The van der Waals surface area contributed by atoms with E-state index in [4.69, 9.17) is 0 Å². The molecule has 1 aliphatic rings. The Morgan fingerprint density at radius 1 is 1.16 bits per heavy atom. The van der Waals surface area contributed by atoms with Crippen molar-refractivity contribution in [2.75, 3.05) is 10.6 Å². The highest BCUT2D eigenvalue weighted by molar-refractivity contribution is 6.05. The Hall–Kier alpha value is -3.35. The number of fused-ring (bicyclic) bond motifs is 1. The molecule has 0 bridgehead atoms. The van der Waals surface area contributed by atoms with Crippen molar-refractivity contribution < 1.29 is 4.79 Å². The van der Waals surface area contributed by atoms with Crippen molar-refractivity contribution in [3.05, 3.63) is 71.4 Å². The van der Waals surface area contributed by atoms with Gasteiger partial charge in [-0.3, -0.25) is 4.79 Å². The summed E-state index contributed by atoms with van der Waals surface area (Å²) in [4.78, 5) is 20.6. The fourth-order valence-corrected chi connectivity index (χ4v) is 3.08. The SMILES string of the molecule is CC1=C(C(=O)Nc2ccccc2)C(c2ccc(C)[nH]2)n2ncnc2N1. The molecule has 1 unspecified atom stereocenters. The molecule has 126 valence electrons. The van der Waals surface area contributed by atoms with Crippen molar-refractivity contribution in [3.63, 3.8) is 0 Å². The third-order valence-electron chi connectivity index (χ3n) is 4.22. The van der Waals surface area contributed by atoms with Crippen LogP contribution in [-0.2, 0) is 4.79 Å². The van der Waals surface area contributed by atoms with Crippen LogP contribution < -0.4 is 10.6 Å². The first-order valence-electron chi connectivity index (χ1n) is 8.02. The van der Waals surface area contributed by atoms with Crippen LogP contribution in [0.4, 0.5) is 11.6 Å². The van der Waals surface area contributed by atoms with Gasteiger partial charge in [-0.2, -0.15) is 10.1 Å². The number of nitrogens with one attached hydrogen (secondary N) is 3. The van der Waals surface area contributed by atoms with Gasteiger partial charge in [0.15, 0.2) is 0 Å². The molecule has 7 heteroatoms. The zero-order valence-electron chi connectivity index (χ0n) is 13.9. The molecule has 3 heterocycles. The third-order valence-corrected chi connectivity index (χ3v) is 4.22. The van der Waals surface area contributed by atoms with Gasteiger partial charge in [-0.1, -0.05) is 18.2 Å². The number of aromatic amines is 1. The fourth-order valence-electron chi connectivity index (χ4n) is 3.08. The van der Waals surface area contributed by atoms with Crippen LogP contribution in [0.25, 0.3) is 0 Å². The predicted octanol–water partition coefficient (Wildman–Crippen LogP) is 2.84. The number of aromatic nitrogens is 4. The molecular formula is C18H18N6O. The number of allylic oxidation sites excluding steroid dienone is 1. The number of hydrogen-bond donors (Lipinski definition) is 3. The van der Waals surface area contributed by atoms with Gasteiger partial charge in [0.1, 0.15) is 12.4 Å². The number of H-pyrrole nitrogens is 1. The van der Waals surface area contributed by atoms with E-state index in [9.17, 15) is 4.79 Å². The summed E-state index contributed by atoms with van der Waals surface area (Å²) in [5, 5.41) is 10.4. The number of amides is 1. The lowest BCUT2D eigenvalue weighted by molar-refractivity contribution is -0.113. The van der Waals surface area contributed by atoms with Gasteiger partial charge in [0, 0.05) is 22.8 Å². The smallest absolute Gasteiger partial charge is 0.255 e. The van der Waals surface area contributed by atoms with Crippen LogP contribution in [0.3, 0.4) is 0 Å². The molecular weight excluding hydrogens is 316 g/mol. The van der Waals surface area contributed by atoms with Gasteiger partial charge >= 0.3 is 0 Å². The number of aryl methyl sites for hydroxylation is 1. The maximum atomic E-state index is 13.0. The van der Waals surface area contributed by atoms with E-state index in [2.05, 4.69) is 25.7 Å². The molecule has 2 aromatic heterocycles. The monoisotopic (exact) mass is 334 g/mol. The third kappa shape index (κ3) is 2.69. The molecule has 0 spiro atoms. The number of carbonyl (C=O) groups is 1. The Labute approximate surface area is 144 Å². The molecule has 0 fully saturated rings. The molecule has 1 amide bonds. The normalized spacial score (nSPS) is 16.3. The second kappa shape index (κ2) is 5.94. The second-order valence-electron chi connectivity index (χ2n) is 6.01. The lowest BCUT2D eigenvalue weighted by Crippen LogP contribution is -2.31. The Morgan fingerprint density at radius 3 is 2.68 bits per heavy atom. The van der Waals surface area contributed by atoms with E-state index in [0.29, 0.717) is 11.5 Å².